The third-order valence-corrected chi connectivity index (χ3v) is 4.31. The molecule has 1 unspecified atom stereocenters. The average molecular weight is 390 g/mol. The molecule has 0 bridgehead atoms. The van der Waals surface area contributed by atoms with Crippen LogP contribution in [0.5, 0.6) is 0 Å². The lowest BCUT2D eigenvalue weighted by molar-refractivity contribution is -0.991. The van der Waals surface area contributed by atoms with Crippen molar-refractivity contribution in [1.82, 2.24) is 0 Å². The molecule has 0 aromatic heterocycles. The Kier molecular flexibility index (Phi) is 5.66. The standard InChI is InChI=1S/C15H13F3N2O5S/c1-10-5-7-13(8-6-10)26(23,24)25-19-14(15(16,17)18)11-3-2-4-12(9-11)20(21)22/h2-9,20-21H,1H3. The summed E-state index contributed by atoms with van der Waals surface area (Å²) in [4.78, 5) is -0.368. The van der Waals surface area contributed by atoms with E-state index in [0.29, 0.717) is 0 Å². The molecule has 0 saturated heterocycles. The van der Waals surface area contributed by atoms with Gasteiger partial charge < -0.3 is 5.21 Å². The van der Waals surface area contributed by atoms with Gasteiger partial charge in [-0.15, -0.1) is 0 Å². The number of nitrogens with one attached hydrogen (secondary N) is 1. The zero-order valence-corrected chi connectivity index (χ0v) is 14.0. The molecule has 2 rings (SSSR count). The van der Waals surface area contributed by atoms with Crippen LogP contribution in [-0.4, -0.2) is 25.5 Å². The van der Waals surface area contributed by atoms with Gasteiger partial charge in [-0.25, -0.2) is 5.21 Å². The van der Waals surface area contributed by atoms with Crippen LogP contribution in [0.25, 0.3) is 0 Å². The van der Waals surface area contributed by atoms with Gasteiger partial charge in [0, 0.05) is 17.7 Å². The van der Waals surface area contributed by atoms with Crippen molar-refractivity contribution >= 4 is 21.5 Å². The predicted molar refractivity (Wildman–Crippen MR) is 84.3 cm³/mol. The van der Waals surface area contributed by atoms with E-state index < -0.39 is 38.5 Å². The van der Waals surface area contributed by atoms with E-state index in [-0.39, 0.29) is 4.90 Å². The van der Waals surface area contributed by atoms with Gasteiger partial charge in [0.1, 0.15) is 4.90 Å². The molecular weight excluding hydrogens is 377 g/mol. The maximum atomic E-state index is 13.2. The van der Waals surface area contributed by atoms with E-state index in [1.54, 1.807) is 6.92 Å². The van der Waals surface area contributed by atoms with Crippen molar-refractivity contribution in [3.05, 3.63) is 64.9 Å². The summed E-state index contributed by atoms with van der Waals surface area (Å²) in [5, 5.41) is 21.1. The lowest BCUT2D eigenvalue weighted by atomic mass is 10.1. The fraction of sp³-hybridized carbons (Fsp3) is 0.133. The number of quaternary nitrogens is 1. The largest absolute Gasteiger partial charge is 0.595 e. The SMILES string of the molecule is Cc1ccc(S(=O)(=O)ON=C(c2cccc([NH+]([O-])O)c2)C(F)(F)F)cc1. The molecule has 7 nitrogen and oxygen atoms in total. The van der Waals surface area contributed by atoms with Crippen LogP contribution in [0.3, 0.4) is 0 Å². The first kappa shape index (κ1) is 19.8. The monoisotopic (exact) mass is 390 g/mol. The summed E-state index contributed by atoms with van der Waals surface area (Å²) in [7, 11) is -4.57. The van der Waals surface area contributed by atoms with Crippen LogP contribution in [-0.2, 0) is 14.4 Å². The lowest BCUT2D eigenvalue weighted by Gasteiger charge is -2.14. The fourth-order valence-corrected chi connectivity index (χ4v) is 2.63. The zero-order valence-electron chi connectivity index (χ0n) is 13.2. The first-order chi connectivity index (χ1) is 12.0. The summed E-state index contributed by atoms with van der Waals surface area (Å²) in [6.45, 7) is 1.70. The van der Waals surface area contributed by atoms with E-state index in [1.165, 1.54) is 24.3 Å². The molecule has 140 valence electrons. The maximum Gasteiger partial charge on any atom is 0.437 e. The Hall–Kier alpha value is -2.47. The Balaban J connectivity index is 2.42. The van der Waals surface area contributed by atoms with E-state index in [4.69, 9.17) is 5.21 Å². The summed E-state index contributed by atoms with van der Waals surface area (Å²) in [6.07, 6.45) is -5.07. The Morgan fingerprint density at radius 1 is 1.19 bits per heavy atom. The van der Waals surface area contributed by atoms with Crippen LogP contribution in [0.4, 0.5) is 18.9 Å². The number of rotatable bonds is 5. The summed E-state index contributed by atoms with van der Waals surface area (Å²) >= 11 is 0. The first-order valence-electron chi connectivity index (χ1n) is 7.00. The topological polar surface area (TPSA) is 103 Å². The highest BCUT2D eigenvalue weighted by molar-refractivity contribution is 7.86. The van der Waals surface area contributed by atoms with Crippen LogP contribution in [0, 0.1) is 12.1 Å². The Labute approximate surface area is 146 Å². The van der Waals surface area contributed by atoms with Gasteiger partial charge in [0.25, 0.3) is 0 Å². The van der Waals surface area contributed by atoms with E-state index in [9.17, 15) is 26.8 Å². The number of alkyl halides is 3. The molecule has 2 N–H and O–H groups in total. The van der Waals surface area contributed by atoms with Crippen LogP contribution in [0.2, 0.25) is 0 Å². The average Bonchev–Trinajstić information content (AvgIpc) is 2.54. The molecule has 11 heteroatoms. The van der Waals surface area contributed by atoms with Crippen LogP contribution < -0.4 is 5.23 Å². The molecule has 0 radical (unpaired) electrons. The third-order valence-electron chi connectivity index (χ3n) is 3.19. The Morgan fingerprint density at radius 2 is 1.81 bits per heavy atom. The van der Waals surface area contributed by atoms with E-state index in [0.717, 1.165) is 29.8 Å². The van der Waals surface area contributed by atoms with Crippen molar-refractivity contribution in [2.75, 3.05) is 0 Å². The van der Waals surface area contributed by atoms with E-state index in [2.05, 4.69) is 9.44 Å². The second kappa shape index (κ2) is 7.41. The molecule has 0 amide bonds. The predicted octanol–water partition coefficient (Wildman–Crippen LogP) is 2.07. The molecule has 2 aromatic rings. The second-order valence-electron chi connectivity index (χ2n) is 5.17. The molecule has 0 saturated carbocycles. The smallest absolute Gasteiger partial charge is 0.437 e. The first-order valence-corrected chi connectivity index (χ1v) is 8.41. The van der Waals surface area contributed by atoms with Crippen LogP contribution >= 0.6 is 0 Å². The van der Waals surface area contributed by atoms with Crippen molar-refractivity contribution in [3.63, 3.8) is 0 Å². The number of benzene rings is 2. The van der Waals surface area contributed by atoms with Gasteiger partial charge >= 0.3 is 16.3 Å². The number of halogens is 3. The number of aryl methyl sites for hydroxylation is 1. The summed E-state index contributed by atoms with van der Waals surface area (Å²) in [6, 6.07) is 9.05. The molecule has 2 aromatic carbocycles. The van der Waals surface area contributed by atoms with Gasteiger partial charge in [0.2, 0.25) is 0 Å². The highest BCUT2D eigenvalue weighted by Gasteiger charge is 2.39. The molecule has 0 fully saturated rings. The Morgan fingerprint density at radius 3 is 2.35 bits per heavy atom. The van der Waals surface area contributed by atoms with Gasteiger partial charge in [-0.2, -0.15) is 26.8 Å². The lowest BCUT2D eigenvalue weighted by Crippen LogP contribution is -2.99. The van der Waals surface area contributed by atoms with Crippen LogP contribution in [0.1, 0.15) is 11.1 Å². The minimum absolute atomic E-state index is 0.368. The second-order valence-corrected chi connectivity index (χ2v) is 6.69. The summed E-state index contributed by atoms with van der Waals surface area (Å²) < 4.78 is 67.8. The quantitative estimate of drug-likeness (QED) is 0.601. The minimum atomic E-state index is -5.07. The van der Waals surface area contributed by atoms with Crippen LogP contribution in [0.15, 0.2) is 58.6 Å². The van der Waals surface area contributed by atoms with Gasteiger partial charge in [-0.1, -0.05) is 35.0 Å². The van der Waals surface area contributed by atoms with E-state index in [1.807, 2.05) is 0 Å². The highest BCUT2D eigenvalue weighted by atomic mass is 32.2. The van der Waals surface area contributed by atoms with Crippen molar-refractivity contribution in [3.8, 4) is 0 Å². The van der Waals surface area contributed by atoms with Gasteiger partial charge in [0.15, 0.2) is 11.4 Å². The molecule has 0 spiro atoms. The number of nitrogens with zero attached hydrogens (tertiary/aromatic N) is 1. The number of hydrogen-bond acceptors (Lipinski definition) is 6. The minimum Gasteiger partial charge on any atom is -0.595 e. The number of oxime groups is 1. The van der Waals surface area contributed by atoms with E-state index >= 15 is 0 Å². The highest BCUT2D eigenvalue weighted by Crippen LogP contribution is 2.25. The zero-order chi connectivity index (χ0) is 19.5. The van der Waals surface area contributed by atoms with Crippen molar-refractivity contribution < 1.29 is 36.3 Å². The number of hydrogen-bond donors (Lipinski definition) is 2. The fourth-order valence-electron chi connectivity index (χ4n) is 1.90. The van der Waals surface area contributed by atoms with Gasteiger partial charge in [-0.05, 0) is 19.1 Å². The van der Waals surface area contributed by atoms with Crippen molar-refractivity contribution in [2.45, 2.75) is 18.0 Å². The molecule has 26 heavy (non-hydrogen) atoms. The normalized spacial score (nSPS) is 14.2. The van der Waals surface area contributed by atoms with Crippen molar-refractivity contribution in [1.29, 1.82) is 0 Å². The Bertz CT molecular complexity index is 910. The van der Waals surface area contributed by atoms with Gasteiger partial charge in [0.05, 0.1) is 0 Å². The summed E-state index contributed by atoms with van der Waals surface area (Å²) in [5.41, 5.74) is -1.98. The van der Waals surface area contributed by atoms with Gasteiger partial charge in [-0.3, -0.25) is 4.28 Å². The summed E-state index contributed by atoms with van der Waals surface area (Å²) in [5.74, 6) is 0. The molecule has 1 atom stereocenters. The maximum absolute atomic E-state index is 13.2. The molecule has 0 aliphatic heterocycles. The molecule has 0 heterocycles. The molecule has 0 aliphatic rings. The third kappa shape index (κ3) is 4.79. The van der Waals surface area contributed by atoms with Crippen molar-refractivity contribution in [2.24, 2.45) is 5.16 Å². The molecule has 0 aliphatic carbocycles. The molecular formula is C15H13F3N2O5S.